The average Bonchev–Trinajstić information content (AvgIpc) is 2.57. The van der Waals surface area contributed by atoms with Crippen molar-refractivity contribution < 1.29 is 0 Å². The van der Waals surface area contributed by atoms with Gasteiger partial charge in [0.15, 0.2) is 0 Å². The van der Waals surface area contributed by atoms with Crippen LogP contribution in [0.2, 0.25) is 0 Å². The van der Waals surface area contributed by atoms with Gasteiger partial charge in [-0.3, -0.25) is 0 Å². The van der Waals surface area contributed by atoms with Crippen LogP contribution in [0.3, 0.4) is 0 Å². The number of rotatable bonds is 2. The number of hydrogen-bond donors (Lipinski definition) is 1. The molecule has 2 heteroatoms. The van der Waals surface area contributed by atoms with E-state index in [1.54, 1.807) is 0 Å². The summed E-state index contributed by atoms with van der Waals surface area (Å²) in [5.74, 6) is 0.959. The molecule has 0 saturated carbocycles. The van der Waals surface area contributed by atoms with Gasteiger partial charge in [0.1, 0.15) is 0 Å². The first-order valence-corrected chi connectivity index (χ1v) is 6.11. The molecule has 1 unspecified atom stereocenters. The summed E-state index contributed by atoms with van der Waals surface area (Å²) in [6.45, 7) is 11.2. The molecule has 2 nitrogen and oxygen atoms in total. The van der Waals surface area contributed by atoms with Crippen LogP contribution in [0.5, 0.6) is 0 Å². The van der Waals surface area contributed by atoms with Crippen molar-refractivity contribution in [1.82, 2.24) is 10.2 Å². The van der Waals surface area contributed by atoms with Crippen LogP contribution in [0, 0.1) is 11.3 Å². The summed E-state index contributed by atoms with van der Waals surface area (Å²) in [5, 5.41) is 3.48. The van der Waals surface area contributed by atoms with Crippen molar-refractivity contribution >= 4 is 0 Å². The molecule has 2 rings (SSSR count). The summed E-state index contributed by atoms with van der Waals surface area (Å²) in [6, 6.07) is 0. The predicted octanol–water partition coefficient (Wildman–Crippen LogP) is 1.72. The molecule has 0 aromatic rings. The fourth-order valence-corrected chi connectivity index (χ4v) is 2.76. The molecule has 1 atom stereocenters. The van der Waals surface area contributed by atoms with Gasteiger partial charge in [-0.2, -0.15) is 0 Å². The quantitative estimate of drug-likeness (QED) is 0.723. The van der Waals surface area contributed by atoms with Crippen LogP contribution < -0.4 is 5.32 Å². The van der Waals surface area contributed by atoms with Gasteiger partial charge < -0.3 is 10.2 Å². The monoisotopic (exact) mass is 196 g/mol. The van der Waals surface area contributed by atoms with Gasteiger partial charge in [-0.15, -0.1) is 0 Å². The zero-order valence-corrected chi connectivity index (χ0v) is 9.68. The summed E-state index contributed by atoms with van der Waals surface area (Å²) in [4.78, 5) is 2.67. The topological polar surface area (TPSA) is 15.3 Å². The third-order valence-electron chi connectivity index (χ3n) is 3.94. The maximum Gasteiger partial charge on any atom is 0.00480 e. The second kappa shape index (κ2) is 4.19. The van der Waals surface area contributed by atoms with Crippen LogP contribution in [0.15, 0.2) is 0 Å². The number of nitrogens with zero attached hydrogens (tertiary/aromatic N) is 1. The number of nitrogens with one attached hydrogen (secondary N) is 1. The van der Waals surface area contributed by atoms with Gasteiger partial charge in [-0.05, 0) is 50.2 Å². The highest BCUT2D eigenvalue weighted by molar-refractivity contribution is 4.87. The summed E-state index contributed by atoms with van der Waals surface area (Å²) in [5.41, 5.74) is 0.556. The highest BCUT2D eigenvalue weighted by Crippen LogP contribution is 2.27. The van der Waals surface area contributed by atoms with E-state index in [-0.39, 0.29) is 0 Å². The number of likely N-dealkylation sites (tertiary alicyclic amines) is 1. The Bertz CT molecular complexity index is 177. The molecule has 0 spiro atoms. The minimum Gasteiger partial charge on any atom is -0.316 e. The normalized spacial score (nSPS) is 36.4. The minimum absolute atomic E-state index is 0.556. The molecule has 2 aliphatic heterocycles. The molecule has 0 bridgehead atoms. The van der Waals surface area contributed by atoms with Crippen molar-refractivity contribution in [2.45, 2.75) is 33.1 Å². The molecule has 2 fully saturated rings. The highest BCUT2D eigenvalue weighted by atomic mass is 15.1. The fraction of sp³-hybridized carbons (Fsp3) is 1.00. The van der Waals surface area contributed by atoms with Crippen LogP contribution in [0.25, 0.3) is 0 Å². The maximum absolute atomic E-state index is 3.48. The Kier molecular flexibility index (Phi) is 3.13. The third kappa shape index (κ3) is 2.48. The van der Waals surface area contributed by atoms with Crippen LogP contribution >= 0.6 is 0 Å². The van der Waals surface area contributed by atoms with Crippen molar-refractivity contribution in [2.75, 3.05) is 32.7 Å². The van der Waals surface area contributed by atoms with E-state index in [9.17, 15) is 0 Å². The van der Waals surface area contributed by atoms with Gasteiger partial charge in [0, 0.05) is 13.1 Å². The molecule has 82 valence electrons. The van der Waals surface area contributed by atoms with E-state index in [1.165, 1.54) is 52.0 Å². The molecule has 2 heterocycles. The standard InChI is InChI=1S/C12H24N2/c1-11-3-7-14(8-4-11)10-12(2)5-6-13-9-12/h11,13H,3-10H2,1-2H3. The Morgan fingerprint density at radius 2 is 2.07 bits per heavy atom. The summed E-state index contributed by atoms with van der Waals surface area (Å²) >= 11 is 0. The van der Waals surface area contributed by atoms with Gasteiger partial charge in [0.05, 0.1) is 0 Å². The van der Waals surface area contributed by atoms with E-state index in [1.807, 2.05) is 0 Å². The largest absolute Gasteiger partial charge is 0.316 e. The summed E-state index contributed by atoms with van der Waals surface area (Å²) in [6.07, 6.45) is 4.17. The molecular formula is C12H24N2. The Morgan fingerprint density at radius 1 is 1.36 bits per heavy atom. The Hall–Kier alpha value is -0.0800. The van der Waals surface area contributed by atoms with Crippen molar-refractivity contribution in [2.24, 2.45) is 11.3 Å². The predicted molar refractivity (Wildman–Crippen MR) is 60.4 cm³/mol. The van der Waals surface area contributed by atoms with Crippen molar-refractivity contribution in [3.05, 3.63) is 0 Å². The molecule has 0 radical (unpaired) electrons. The number of piperidine rings is 1. The lowest BCUT2D eigenvalue weighted by atomic mass is 9.88. The first-order chi connectivity index (χ1) is 6.68. The van der Waals surface area contributed by atoms with Crippen LogP contribution in [-0.4, -0.2) is 37.6 Å². The smallest absolute Gasteiger partial charge is 0.00480 e. The third-order valence-corrected chi connectivity index (χ3v) is 3.94. The van der Waals surface area contributed by atoms with E-state index in [4.69, 9.17) is 0 Å². The molecular weight excluding hydrogens is 172 g/mol. The highest BCUT2D eigenvalue weighted by Gasteiger charge is 2.31. The van der Waals surface area contributed by atoms with E-state index in [0.717, 1.165) is 5.92 Å². The summed E-state index contributed by atoms with van der Waals surface area (Å²) < 4.78 is 0. The molecule has 2 aliphatic rings. The Morgan fingerprint density at radius 3 is 2.64 bits per heavy atom. The molecule has 14 heavy (non-hydrogen) atoms. The molecule has 2 saturated heterocycles. The van der Waals surface area contributed by atoms with Crippen molar-refractivity contribution in [1.29, 1.82) is 0 Å². The van der Waals surface area contributed by atoms with Gasteiger partial charge in [0.25, 0.3) is 0 Å². The molecule has 1 N–H and O–H groups in total. The lowest BCUT2D eigenvalue weighted by Gasteiger charge is -2.36. The van der Waals surface area contributed by atoms with Crippen molar-refractivity contribution in [3.8, 4) is 0 Å². The lowest BCUT2D eigenvalue weighted by molar-refractivity contribution is 0.133. The van der Waals surface area contributed by atoms with Gasteiger partial charge in [-0.1, -0.05) is 13.8 Å². The average molecular weight is 196 g/mol. The maximum atomic E-state index is 3.48. The molecule has 0 aromatic heterocycles. The van der Waals surface area contributed by atoms with E-state index >= 15 is 0 Å². The zero-order chi connectivity index (χ0) is 10.0. The van der Waals surface area contributed by atoms with Gasteiger partial charge in [-0.25, -0.2) is 0 Å². The SMILES string of the molecule is CC1CCN(CC2(C)CCNC2)CC1. The van der Waals surface area contributed by atoms with E-state index < -0.39 is 0 Å². The van der Waals surface area contributed by atoms with Crippen LogP contribution in [0.1, 0.15) is 33.1 Å². The molecule has 0 amide bonds. The second-order valence-electron chi connectivity index (χ2n) is 5.70. The minimum atomic E-state index is 0.556. The molecule has 0 aliphatic carbocycles. The van der Waals surface area contributed by atoms with E-state index in [2.05, 4.69) is 24.1 Å². The van der Waals surface area contributed by atoms with Crippen LogP contribution in [-0.2, 0) is 0 Å². The first kappa shape index (κ1) is 10.4. The van der Waals surface area contributed by atoms with Crippen LogP contribution in [0.4, 0.5) is 0 Å². The van der Waals surface area contributed by atoms with Gasteiger partial charge >= 0.3 is 0 Å². The fourth-order valence-electron chi connectivity index (χ4n) is 2.76. The summed E-state index contributed by atoms with van der Waals surface area (Å²) in [7, 11) is 0. The first-order valence-electron chi connectivity index (χ1n) is 6.11. The number of hydrogen-bond acceptors (Lipinski definition) is 2. The van der Waals surface area contributed by atoms with Crippen molar-refractivity contribution in [3.63, 3.8) is 0 Å². The Balaban J connectivity index is 1.79. The van der Waals surface area contributed by atoms with Gasteiger partial charge in [0.2, 0.25) is 0 Å². The lowest BCUT2D eigenvalue weighted by Crippen LogP contribution is -2.41. The van der Waals surface area contributed by atoms with E-state index in [0.29, 0.717) is 5.41 Å². The molecule has 0 aromatic carbocycles. The Labute approximate surface area is 88.1 Å². The second-order valence-corrected chi connectivity index (χ2v) is 5.70. The zero-order valence-electron chi connectivity index (χ0n) is 9.68.